The first-order valence-electron chi connectivity index (χ1n) is 15.3. The smallest absolute Gasteiger partial charge is 0.407 e. The Morgan fingerprint density at radius 1 is 1.09 bits per heavy atom. The second-order valence-electron chi connectivity index (χ2n) is 12.4. The van der Waals surface area contributed by atoms with Gasteiger partial charge in [0.15, 0.2) is 0 Å². The van der Waals surface area contributed by atoms with Gasteiger partial charge in [-0.15, -0.1) is 0 Å². The molecule has 2 atom stereocenters. The van der Waals surface area contributed by atoms with E-state index in [1.54, 1.807) is 12.3 Å². The molecule has 0 aliphatic carbocycles. The van der Waals surface area contributed by atoms with Crippen molar-refractivity contribution < 1.29 is 19.1 Å². The molecule has 5 rings (SSSR count). The average Bonchev–Trinajstić information content (AvgIpc) is 3.51. The highest BCUT2D eigenvalue weighted by atomic mass is 35.5. The highest BCUT2D eigenvalue weighted by Gasteiger charge is 2.21. The van der Waals surface area contributed by atoms with Gasteiger partial charge in [-0.05, 0) is 101 Å². The molecule has 236 valence electrons. The van der Waals surface area contributed by atoms with E-state index < -0.39 is 11.7 Å². The fourth-order valence-electron chi connectivity index (χ4n) is 5.18. The molecule has 2 unspecified atom stereocenters. The Balaban J connectivity index is 1.39. The summed E-state index contributed by atoms with van der Waals surface area (Å²) in [5, 5.41) is 11.1. The highest BCUT2D eigenvalue weighted by Crippen LogP contribution is 2.30. The number of aromatic nitrogens is 3. The molecule has 2 N–H and O–H groups in total. The minimum absolute atomic E-state index is 0.0837. The lowest BCUT2D eigenvalue weighted by atomic mass is 10.0. The van der Waals surface area contributed by atoms with Gasteiger partial charge in [-0.1, -0.05) is 35.9 Å². The Bertz CT molecular complexity index is 1670. The summed E-state index contributed by atoms with van der Waals surface area (Å²) in [5.41, 5.74) is 5.63. The first-order chi connectivity index (χ1) is 21.4. The number of rotatable bonds is 8. The van der Waals surface area contributed by atoms with Crippen LogP contribution in [0.1, 0.15) is 86.3 Å². The Kier molecular flexibility index (Phi) is 9.90. The zero-order valence-electron chi connectivity index (χ0n) is 26.4. The minimum Gasteiger partial charge on any atom is -0.444 e. The van der Waals surface area contributed by atoms with E-state index in [0.29, 0.717) is 10.6 Å². The summed E-state index contributed by atoms with van der Waals surface area (Å²) in [5.74, 6) is -0.218. The lowest BCUT2D eigenvalue weighted by molar-refractivity contribution is -0.0394. The van der Waals surface area contributed by atoms with Crippen molar-refractivity contribution in [3.05, 3.63) is 94.3 Å². The fraction of sp³-hybridized carbons (Fsp3) is 0.371. The lowest BCUT2D eigenvalue weighted by Gasteiger charge is -2.22. The number of alkyl carbamates (subject to hydrolysis) is 1. The third kappa shape index (κ3) is 8.49. The van der Waals surface area contributed by atoms with Gasteiger partial charge < -0.3 is 20.1 Å². The van der Waals surface area contributed by atoms with Gasteiger partial charge in [-0.3, -0.25) is 4.79 Å². The molecule has 0 saturated carbocycles. The first-order valence-corrected chi connectivity index (χ1v) is 15.6. The van der Waals surface area contributed by atoms with Crippen LogP contribution < -0.4 is 10.6 Å². The molecule has 45 heavy (non-hydrogen) atoms. The van der Waals surface area contributed by atoms with Crippen LogP contribution in [0.3, 0.4) is 0 Å². The summed E-state index contributed by atoms with van der Waals surface area (Å²) >= 11 is 6.33. The van der Waals surface area contributed by atoms with Gasteiger partial charge in [0.2, 0.25) is 0 Å². The number of nitrogens with one attached hydrogen (secondary N) is 2. The van der Waals surface area contributed by atoms with Crippen LogP contribution in [0.5, 0.6) is 0 Å². The predicted octanol–water partition coefficient (Wildman–Crippen LogP) is 7.79. The van der Waals surface area contributed by atoms with Crippen LogP contribution in [0.25, 0.3) is 22.5 Å². The largest absolute Gasteiger partial charge is 0.444 e. The van der Waals surface area contributed by atoms with Gasteiger partial charge in [0.1, 0.15) is 11.8 Å². The van der Waals surface area contributed by atoms with Gasteiger partial charge >= 0.3 is 6.09 Å². The van der Waals surface area contributed by atoms with Crippen LogP contribution >= 0.6 is 11.6 Å². The number of nitrogens with zero attached hydrogens (tertiary/aromatic N) is 3. The van der Waals surface area contributed by atoms with Gasteiger partial charge in [-0.2, -0.15) is 5.10 Å². The van der Waals surface area contributed by atoms with Crippen molar-refractivity contribution in [2.24, 2.45) is 0 Å². The maximum absolute atomic E-state index is 13.6. The summed E-state index contributed by atoms with van der Waals surface area (Å²) in [6.07, 6.45) is 6.26. The molecule has 1 aliphatic heterocycles. The van der Waals surface area contributed by atoms with Crippen molar-refractivity contribution in [3.63, 3.8) is 0 Å². The van der Waals surface area contributed by atoms with E-state index in [0.717, 1.165) is 65.1 Å². The Morgan fingerprint density at radius 2 is 1.87 bits per heavy atom. The van der Waals surface area contributed by atoms with Crippen molar-refractivity contribution in [1.82, 2.24) is 25.4 Å². The van der Waals surface area contributed by atoms with Gasteiger partial charge in [0.25, 0.3) is 5.91 Å². The molecular weight excluding hydrogens is 590 g/mol. The number of hydrogen-bond donors (Lipinski definition) is 2. The quantitative estimate of drug-likeness (QED) is 0.206. The van der Waals surface area contributed by atoms with E-state index >= 15 is 0 Å². The maximum atomic E-state index is 13.6. The SMILES string of the molecule is Cc1ccc(CNC(=O)OC(C)(C)C)cc1C(=O)NC(C)c1cc(-c2cccc(Cl)c2)nc(-c2cnn(C3CCCCO3)c2)c1. The average molecular weight is 630 g/mol. The number of aryl methyl sites for hydroxylation is 1. The van der Waals surface area contributed by atoms with Crippen LogP contribution in [0, 0.1) is 6.92 Å². The van der Waals surface area contributed by atoms with Crippen molar-refractivity contribution in [1.29, 1.82) is 0 Å². The molecule has 1 fully saturated rings. The standard InChI is InChI=1S/C35H40ClN5O4/c1-22-12-13-24(19-37-34(43)45-35(3,4)5)15-29(22)33(42)39-23(2)26-17-30(25-9-8-10-28(36)16-25)40-31(18-26)27-20-38-41(21-27)32-11-6-7-14-44-32/h8-10,12-13,15-18,20-21,23,32H,6-7,11,14,19H2,1-5H3,(H,37,43)(H,39,42). The molecule has 0 bridgehead atoms. The molecule has 1 saturated heterocycles. The first kappa shape index (κ1) is 32.2. The number of hydrogen-bond acceptors (Lipinski definition) is 6. The topological polar surface area (TPSA) is 107 Å². The zero-order chi connectivity index (χ0) is 32.1. The summed E-state index contributed by atoms with van der Waals surface area (Å²) in [6.45, 7) is 10.2. The summed E-state index contributed by atoms with van der Waals surface area (Å²) in [6, 6.07) is 16.7. The van der Waals surface area contributed by atoms with E-state index in [-0.39, 0.29) is 24.7 Å². The Hall–Kier alpha value is -4.21. The minimum atomic E-state index is -0.595. The number of amides is 2. The second kappa shape index (κ2) is 13.8. The molecule has 0 spiro atoms. The maximum Gasteiger partial charge on any atom is 0.407 e. The monoisotopic (exact) mass is 629 g/mol. The molecule has 2 aromatic carbocycles. The number of ether oxygens (including phenoxy) is 2. The van der Waals surface area contributed by atoms with Crippen LogP contribution in [0.15, 0.2) is 67.0 Å². The van der Waals surface area contributed by atoms with Crippen molar-refractivity contribution in [3.8, 4) is 22.5 Å². The number of benzene rings is 2. The van der Waals surface area contributed by atoms with E-state index in [9.17, 15) is 9.59 Å². The van der Waals surface area contributed by atoms with E-state index in [2.05, 4.69) is 15.7 Å². The van der Waals surface area contributed by atoms with E-state index in [1.165, 1.54) is 0 Å². The second-order valence-corrected chi connectivity index (χ2v) is 12.8. The Labute approximate surface area is 269 Å². The van der Waals surface area contributed by atoms with Crippen LogP contribution in [-0.2, 0) is 16.0 Å². The molecule has 9 nitrogen and oxygen atoms in total. The van der Waals surface area contributed by atoms with E-state index in [1.807, 2.05) is 94.0 Å². The Morgan fingerprint density at radius 3 is 2.58 bits per heavy atom. The zero-order valence-corrected chi connectivity index (χ0v) is 27.1. The van der Waals surface area contributed by atoms with Crippen LogP contribution in [0.4, 0.5) is 4.79 Å². The molecule has 0 radical (unpaired) electrons. The van der Waals surface area contributed by atoms with E-state index in [4.69, 9.17) is 26.1 Å². The molecule has 2 aromatic heterocycles. The normalized spacial score (nSPS) is 15.7. The number of halogens is 1. The van der Waals surface area contributed by atoms with Crippen LogP contribution in [0.2, 0.25) is 5.02 Å². The molecular formula is C35H40ClN5O4. The number of pyridine rings is 1. The van der Waals surface area contributed by atoms with Gasteiger partial charge in [-0.25, -0.2) is 14.5 Å². The summed E-state index contributed by atoms with van der Waals surface area (Å²) < 4.78 is 13.1. The number of carbonyl (C=O) groups is 2. The summed E-state index contributed by atoms with van der Waals surface area (Å²) in [7, 11) is 0. The van der Waals surface area contributed by atoms with Crippen molar-refractivity contribution in [2.45, 2.75) is 78.3 Å². The molecule has 2 amide bonds. The number of carbonyl (C=O) groups excluding carboxylic acids is 2. The molecule has 3 heterocycles. The molecule has 4 aromatic rings. The van der Waals surface area contributed by atoms with Crippen molar-refractivity contribution in [2.75, 3.05) is 6.61 Å². The third-order valence-electron chi connectivity index (χ3n) is 7.55. The molecule has 10 heteroatoms. The van der Waals surface area contributed by atoms with Gasteiger partial charge in [0.05, 0.1) is 23.6 Å². The van der Waals surface area contributed by atoms with Gasteiger partial charge in [0, 0.05) is 41.1 Å². The lowest BCUT2D eigenvalue weighted by Crippen LogP contribution is -2.32. The fourth-order valence-corrected chi connectivity index (χ4v) is 5.37. The van der Waals surface area contributed by atoms with Crippen LogP contribution in [-0.4, -0.2) is 39.0 Å². The molecule has 1 aliphatic rings. The highest BCUT2D eigenvalue weighted by molar-refractivity contribution is 6.30. The third-order valence-corrected chi connectivity index (χ3v) is 7.78. The van der Waals surface area contributed by atoms with Crippen molar-refractivity contribution >= 4 is 23.6 Å². The predicted molar refractivity (Wildman–Crippen MR) is 175 cm³/mol. The summed E-state index contributed by atoms with van der Waals surface area (Å²) in [4.78, 5) is 30.7.